The average Bonchev–Trinajstić information content (AvgIpc) is 4.01. The van der Waals surface area contributed by atoms with Gasteiger partial charge in [-0.2, -0.15) is 0 Å². The Kier molecular flexibility index (Phi) is 16.3. The molecule has 0 saturated carbocycles. The maximum absolute atomic E-state index is 11.8. The van der Waals surface area contributed by atoms with Crippen molar-refractivity contribution in [1.82, 2.24) is 0 Å². The van der Waals surface area contributed by atoms with Crippen LogP contribution < -0.4 is 31.8 Å². The highest BCUT2D eigenvalue weighted by atomic mass is 79.9. The molecular weight excluding hydrogens is 862 g/mol. The number of hydrogen-bond donors (Lipinski definition) is 0. The van der Waals surface area contributed by atoms with Gasteiger partial charge in [-0.15, -0.1) is 17.0 Å². The van der Waals surface area contributed by atoms with Gasteiger partial charge in [0.1, 0.15) is 68.5 Å². The highest BCUT2D eigenvalue weighted by Gasteiger charge is 2.53. The fourth-order valence-corrected chi connectivity index (χ4v) is 18.0. The second-order valence-electron chi connectivity index (χ2n) is 14.5. The number of halogens is 1. The van der Waals surface area contributed by atoms with Gasteiger partial charge in [-0.25, -0.2) is 9.59 Å². The molecule has 312 valence electrons. The maximum Gasteiger partial charge on any atom is 0.343 e. The molecule has 6 nitrogen and oxygen atoms in total. The molecule has 0 N–H and O–H groups in total. The molecule has 0 unspecified atom stereocenters. The van der Waals surface area contributed by atoms with Crippen molar-refractivity contribution < 1.29 is 28.5 Å². The lowest BCUT2D eigenvalue weighted by Crippen LogP contribution is -2.32. The van der Waals surface area contributed by atoms with Gasteiger partial charge in [-0.3, -0.25) is 0 Å². The van der Waals surface area contributed by atoms with Crippen LogP contribution in [0, 0.1) is 0 Å². The molecule has 0 bridgehead atoms. The van der Waals surface area contributed by atoms with E-state index in [0.29, 0.717) is 0 Å². The van der Waals surface area contributed by atoms with E-state index >= 15 is 0 Å². The Balaban J connectivity index is 0.000000201. The topological polar surface area (TPSA) is 71.1 Å². The monoisotopic (exact) mass is 914 g/mol. The number of ether oxygens (including phenoxy) is 4. The molecule has 2 aliphatic rings. The molecule has 0 spiro atoms. The van der Waals surface area contributed by atoms with Gasteiger partial charge >= 0.3 is 11.9 Å². The van der Waals surface area contributed by atoms with E-state index in [1.54, 1.807) is 0 Å². The van der Waals surface area contributed by atoms with Crippen molar-refractivity contribution in [1.29, 1.82) is 0 Å². The first-order valence-corrected chi connectivity index (χ1v) is 24.1. The number of allylic oxidation sites excluding steroid dienone is 4. The third-order valence-electron chi connectivity index (χ3n) is 11.1. The highest BCUT2D eigenvalue weighted by molar-refractivity contribution is 8.93. The lowest BCUT2D eigenvalue weighted by molar-refractivity contribution is -0.145. The molecule has 61 heavy (non-hydrogen) atoms. The minimum absolute atomic E-state index is 0. The highest BCUT2D eigenvalue weighted by Crippen LogP contribution is 2.67. The Bertz CT molecular complexity index is 2010. The summed E-state index contributed by atoms with van der Waals surface area (Å²) in [5.41, 5.74) is 0. The molecule has 8 rings (SSSR count). The second-order valence-corrected chi connectivity index (χ2v) is 21.4. The van der Waals surface area contributed by atoms with Crippen molar-refractivity contribution in [2.24, 2.45) is 0 Å². The summed E-state index contributed by atoms with van der Waals surface area (Å²) in [4.78, 5) is 23.5. The van der Waals surface area contributed by atoms with Crippen molar-refractivity contribution in [3.63, 3.8) is 0 Å². The first kappa shape index (κ1) is 45.2. The van der Waals surface area contributed by atoms with E-state index in [9.17, 15) is 9.59 Å². The Morgan fingerprint density at radius 2 is 0.623 bits per heavy atom. The summed E-state index contributed by atoms with van der Waals surface area (Å²) in [7, 11) is -1.46. The van der Waals surface area contributed by atoms with E-state index in [4.69, 9.17) is 18.9 Å². The lowest BCUT2D eigenvalue weighted by Gasteiger charge is -2.29. The van der Waals surface area contributed by atoms with Crippen LogP contribution >= 0.6 is 31.5 Å². The molecule has 0 aromatic heterocycles. The van der Waals surface area contributed by atoms with Gasteiger partial charge in [0.15, 0.2) is 13.2 Å². The van der Waals surface area contributed by atoms with Gasteiger partial charge in [-0.05, 0) is 85.6 Å². The second kappa shape index (κ2) is 22.0. The molecular formula is C52H53BrO6P2+2. The Morgan fingerprint density at radius 3 is 0.836 bits per heavy atom. The molecule has 0 heterocycles. The van der Waals surface area contributed by atoms with Gasteiger partial charge in [0.05, 0.1) is 14.2 Å². The zero-order valence-corrected chi connectivity index (χ0v) is 38.2. The maximum atomic E-state index is 11.8. The van der Waals surface area contributed by atoms with E-state index in [1.165, 1.54) is 56.7 Å². The zero-order chi connectivity index (χ0) is 41.6. The molecule has 9 heteroatoms. The van der Waals surface area contributed by atoms with Gasteiger partial charge in [0.25, 0.3) is 0 Å². The van der Waals surface area contributed by atoms with E-state index in [0.717, 1.165) is 50.0 Å². The van der Waals surface area contributed by atoms with Gasteiger partial charge in [0.2, 0.25) is 0 Å². The third kappa shape index (κ3) is 9.76. The van der Waals surface area contributed by atoms with Crippen molar-refractivity contribution in [3.05, 3.63) is 204 Å². The van der Waals surface area contributed by atoms with Crippen molar-refractivity contribution in [2.45, 2.75) is 38.5 Å². The van der Waals surface area contributed by atoms with Crippen LogP contribution in [0.4, 0.5) is 0 Å². The number of benzene rings is 6. The first-order chi connectivity index (χ1) is 29.5. The molecule has 0 saturated heterocycles. The predicted molar refractivity (Wildman–Crippen MR) is 258 cm³/mol. The first-order valence-electron chi connectivity index (χ1n) is 20.5. The zero-order valence-electron chi connectivity index (χ0n) is 34.7. The summed E-state index contributed by atoms with van der Waals surface area (Å²) in [5, 5.41) is 10.5. The summed E-state index contributed by atoms with van der Waals surface area (Å²) in [5.74, 6) is 1.20. The normalized spacial score (nSPS) is 13.7. The van der Waals surface area contributed by atoms with Gasteiger partial charge in [0, 0.05) is 25.7 Å². The third-order valence-corrected chi connectivity index (χ3v) is 20.1. The standard InChI is InChI=1S/2C26H26O3P.BrH/c2*1-28-26(27)20-29-24-18-11-19-25(24)30(21-12-5-2-6-13-21,22-14-7-3-8-15-22)23-16-9-4-10-17-23;/h2*2-10,12-17H,11,18-20H2,1H3;1H/q2*+1;. The van der Waals surface area contributed by atoms with E-state index in [-0.39, 0.29) is 42.1 Å². The molecule has 0 fully saturated rings. The van der Waals surface area contributed by atoms with Crippen LogP contribution in [0.15, 0.2) is 204 Å². The minimum Gasteiger partial charge on any atom is -0.482 e. The number of carbonyl (C=O) groups excluding carboxylic acids is 2. The predicted octanol–water partition coefficient (Wildman–Crippen LogP) is 9.71. The fourth-order valence-electron chi connectivity index (χ4n) is 8.57. The molecule has 0 radical (unpaired) electrons. The summed E-state index contributed by atoms with van der Waals surface area (Å²) in [6.07, 6.45) is 5.67. The number of carbonyl (C=O) groups is 2. The Morgan fingerprint density at radius 1 is 0.393 bits per heavy atom. The van der Waals surface area contributed by atoms with Crippen LogP contribution in [0.25, 0.3) is 0 Å². The number of hydrogen-bond acceptors (Lipinski definition) is 6. The van der Waals surface area contributed by atoms with Crippen LogP contribution in [0.5, 0.6) is 0 Å². The smallest absolute Gasteiger partial charge is 0.343 e. The summed E-state index contributed by atoms with van der Waals surface area (Å²) >= 11 is 0. The van der Waals surface area contributed by atoms with Crippen LogP contribution in [0.3, 0.4) is 0 Å². The molecule has 6 aromatic carbocycles. The summed E-state index contributed by atoms with van der Waals surface area (Å²) in [6, 6.07) is 64.5. The van der Waals surface area contributed by atoms with Crippen molar-refractivity contribution >= 4 is 75.3 Å². The summed E-state index contributed by atoms with van der Waals surface area (Å²) < 4.78 is 21.8. The number of methoxy groups -OCH3 is 2. The van der Waals surface area contributed by atoms with Crippen LogP contribution in [-0.4, -0.2) is 39.4 Å². The Hall–Kier alpha value is -5.32. The average molecular weight is 916 g/mol. The van der Waals surface area contributed by atoms with Crippen LogP contribution in [-0.2, 0) is 28.5 Å². The van der Waals surface area contributed by atoms with Gasteiger partial charge in [-0.1, -0.05) is 109 Å². The Labute approximate surface area is 372 Å². The SMILES string of the molecule is Br.COC(=O)COC1=C([P+](c2ccccc2)(c2ccccc2)c2ccccc2)CCC1.COC(=O)COC1=C([P+](c2ccccc2)(c2ccccc2)c2ccccc2)CCC1. The van der Waals surface area contributed by atoms with E-state index < -0.39 is 14.5 Å². The van der Waals surface area contributed by atoms with Gasteiger partial charge < -0.3 is 18.9 Å². The van der Waals surface area contributed by atoms with Crippen LogP contribution in [0.2, 0.25) is 0 Å². The molecule has 2 aliphatic carbocycles. The minimum atomic E-state index is -2.12. The number of rotatable bonds is 14. The molecule has 6 aromatic rings. The quantitative estimate of drug-likeness (QED) is 0.0802. The van der Waals surface area contributed by atoms with E-state index in [1.807, 2.05) is 0 Å². The summed E-state index contributed by atoms with van der Waals surface area (Å²) in [6.45, 7) is -0.0958. The largest absolute Gasteiger partial charge is 0.482 e. The number of esters is 2. The fraction of sp³-hybridized carbons (Fsp3) is 0.192. The van der Waals surface area contributed by atoms with E-state index in [2.05, 4.69) is 182 Å². The van der Waals surface area contributed by atoms with Crippen LogP contribution in [0.1, 0.15) is 38.5 Å². The lowest BCUT2D eigenvalue weighted by atomic mass is 10.3. The van der Waals surface area contributed by atoms with Crippen molar-refractivity contribution in [3.8, 4) is 0 Å². The molecule has 0 aliphatic heterocycles. The van der Waals surface area contributed by atoms with Crippen molar-refractivity contribution in [2.75, 3.05) is 27.4 Å². The molecule has 0 amide bonds. The molecule has 0 atom stereocenters.